The predicted molar refractivity (Wildman–Crippen MR) is 90.7 cm³/mol. The van der Waals surface area contributed by atoms with Crippen LogP contribution in [0.3, 0.4) is 0 Å². The van der Waals surface area contributed by atoms with Crippen molar-refractivity contribution < 1.29 is 23.1 Å². The molecule has 0 amide bonds. The van der Waals surface area contributed by atoms with E-state index in [2.05, 4.69) is 5.10 Å². The molecule has 0 unspecified atom stereocenters. The predicted octanol–water partition coefficient (Wildman–Crippen LogP) is 5.22. The van der Waals surface area contributed by atoms with Crippen molar-refractivity contribution in [1.29, 1.82) is 0 Å². The van der Waals surface area contributed by atoms with E-state index in [1.807, 2.05) is 0 Å². The van der Waals surface area contributed by atoms with Gasteiger partial charge in [0.2, 0.25) is 0 Å². The van der Waals surface area contributed by atoms with Gasteiger partial charge in [0.25, 0.3) is 0 Å². The van der Waals surface area contributed by atoms with Crippen LogP contribution in [0.2, 0.25) is 5.02 Å². The lowest BCUT2D eigenvalue weighted by molar-refractivity contribution is -0.137. The third-order valence-electron chi connectivity index (χ3n) is 3.87. The molecule has 134 valence electrons. The van der Waals surface area contributed by atoms with E-state index in [0.29, 0.717) is 16.4 Å². The Morgan fingerprint density at radius 3 is 2.35 bits per heavy atom. The minimum atomic E-state index is -4.47. The summed E-state index contributed by atoms with van der Waals surface area (Å²) in [6.45, 7) is 1.57. The average Bonchev–Trinajstić information content (AvgIpc) is 2.92. The number of carbonyl (C=O) groups is 1. The highest BCUT2D eigenvalue weighted by Crippen LogP contribution is 2.32. The molecular weight excluding hydrogens is 369 g/mol. The number of hydrogen-bond acceptors (Lipinski definition) is 2. The molecule has 1 N–H and O–H groups in total. The van der Waals surface area contributed by atoms with Gasteiger partial charge in [-0.15, -0.1) is 0 Å². The van der Waals surface area contributed by atoms with Crippen LogP contribution in [0.25, 0.3) is 16.9 Å². The summed E-state index contributed by atoms with van der Waals surface area (Å²) >= 11 is 5.97. The van der Waals surface area contributed by atoms with Crippen molar-refractivity contribution in [2.45, 2.75) is 13.1 Å². The van der Waals surface area contributed by atoms with Gasteiger partial charge in [-0.25, -0.2) is 9.48 Å². The van der Waals surface area contributed by atoms with E-state index in [1.54, 1.807) is 31.2 Å². The molecule has 3 aromatic rings. The molecule has 0 bridgehead atoms. The van der Waals surface area contributed by atoms with Crippen LogP contribution in [0, 0.1) is 6.92 Å². The van der Waals surface area contributed by atoms with E-state index in [1.165, 1.54) is 16.8 Å². The molecule has 26 heavy (non-hydrogen) atoms. The number of alkyl halides is 3. The van der Waals surface area contributed by atoms with E-state index in [4.69, 9.17) is 11.6 Å². The molecule has 0 radical (unpaired) electrons. The first-order valence-electron chi connectivity index (χ1n) is 7.45. The molecule has 2 aromatic carbocycles. The minimum absolute atomic E-state index is 0.0789. The van der Waals surface area contributed by atoms with Crippen molar-refractivity contribution >= 4 is 17.6 Å². The number of aromatic carboxylic acids is 1. The second-order valence-corrected chi connectivity index (χ2v) is 6.02. The van der Waals surface area contributed by atoms with E-state index in [0.717, 1.165) is 12.1 Å². The lowest BCUT2D eigenvalue weighted by atomic mass is 10.0. The van der Waals surface area contributed by atoms with Gasteiger partial charge in [0.05, 0.1) is 16.9 Å². The first-order valence-corrected chi connectivity index (χ1v) is 7.83. The van der Waals surface area contributed by atoms with Gasteiger partial charge in [-0.1, -0.05) is 29.8 Å². The summed E-state index contributed by atoms with van der Waals surface area (Å²) in [5, 5.41) is 14.3. The van der Waals surface area contributed by atoms with Crippen LogP contribution >= 0.6 is 11.6 Å². The van der Waals surface area contributed by atoms with E-state index in [9.17, 15) is 23.1 Å². The highest BCUT2D eigenvalue weighted by Gasteiger charge is 2.30. The van der Waals surface area contributed by atoms with Crippen LogP contribution < -0.4 is 0 Å². The number of halogens is 4. The van der Waals surface area contributed by atoms with Gasteiger partial charge < -0.3 is 5.11 Å². The maximum Gasteiger partial charge on any atom is 0.416 e. The van der Waals surface area contributed by atoms with Crippen molar-refractivity contribution in [3.05, 3.63) is 70.4 Å². The summed E-state index contributed by atoms with van der Waals surface area (Å²) in [6, 6.07) is 10.9. The largest absolute Gasteiger partial charge is 0.478 e. The lowest BCUT2D eigenvalue weighted by Gasteiger charge is -2.07. The molecule has 1 heterocycles. The number of rotatable bonds is 3. The van der Waals surface area contributed by atoms with E-state index < -0.39 is 17.7 Å². The molecular formula is C18H12ClF3N2O2. The van der Waals surface area contributed by atoms with Crippen LogP contribution in [-0.4, -0.2) is 20.9 Å². The van der Waals surface area contributed by atoms with Crippen LogP contribution in [-0.2, 0) is 6.18 Å². The first-order chi connectivity index (χ1) is 12.2. The van der Waals surface area contributed by atoms with Gasteiger partial charge in [-0.2, -0.15) is 18.3 Å². The van der Waals surface area contributed by atoms with Gasteiger partial charge in [-0.05, 0) is 37.3 Å². The zero-order chi connectivity index (χ0) is 19.1. The molecule has 3 rings (SSSR count). The van der Waals surface area contributed by atoms with Crippen molar-refractivity contribution in [3.63, 3.8) is 0 Å². The van der Waals surface area contributed by atoms with Crippen molar-refractivity contribution in [3.8, 4) is 16.9 Å². The van der Waals surface area contributed by atoms with E-state index >= 15 is 0 Å². The van der Waals surface area contributed by atoms with Crippen LogP contribution in [0.4, 0.5) is 13.2 Å². The van der Waals surface area contributed by atoms with Crippen molar-refractivity contribution in [2.24, 2.45) is 0 Å². The number of carboxylic acids is 1. The number of hydrogen-bond donors (Lipinski definition) is 1. The molecule has 4 nitrogen and oxygen atoms in total. The Morgan fingerprint density at radius 2 is 1.81 bits per heavy atom. The summed E-state index contributed by atoms with van der Waals surface area (Å²) in [7, 11) is 0. The maximum absolute atomic E-state index is 12.7. The molecule has 0 aliphatic heterocycles. The van der Waals surface area contributed by atoms with E-state index in [-0.39, 0.29) is 16.8 Å². The summed E-state index contributed by atoms with van der Waals surface area (Å²) in [5.74, 6) is -1.22. The highest BCUT2D eigenvalue weighted by atomic mass is 35.5. The standard InChI is InChI=1S/C18H12ClF3N2O2/c1-10-15(17(25)26)16(11-5-7-12(8-6-11)18(20,21)22)23-24(10)14-4-2-3-13(19)9-14/h2-9H,1H3,(H,25,26). The summed E-state index contributed by atoms with van der Waals surface area (Å²) < 4.78 is 39.6. The topological polar surface area (TPSA) is 55.1 Å². The first kappa shape index (κ1) is 18.0. The molecule has 0 spiro atoms. The lowest BCUT2D eigenvalue weighted by Crippen LogP contribution is -2.04. The molecule has 0 fully saturated rings. The smallest absolute Gasteiger partial charge is 0.416 e. The third kappa shape index (κ3) is 3.30. The van der Waals surface area contributed by atoms with Crippen LogP contribution in [0.5, 0.6) is 0 Å². The number of carboxylic acid groups (broad SMARTS) is 1. The molecule has 0 aliphatic rings. The van der Waals surface area contributed by atoms with Gasteiger partial charge in [0.1, 0.15) is 11.3 Å². The molecule has 0 aliphatic carbocycles. The Hall–Kier alpha value is -2.80. The fraction of sp³-hybridized carbons (Fsp3) is 0.111. The fourth-order valence-corrected chi connectivity index (χ4v) is 2.82. The second-order valence-electron chi connectivity index (χ2n) is 5.58. The number of nitrogens with zero attached hydrogens (tertiary/aromatic N) is 2. The summed E-state index contributed by atoms with van der Waals surface area (Å²) in [6.07, 6.45) is -4.47. The molecule has 0 saturated heterocycles. The normalized spacial score (nSPS) is 11.6. The minimum Gasteiger partial charge on any atom is -0.478 e. The second kappa shape index (κ2) is 6.49. The Bertz CT molecular complexity index is 979. The Labute approximate surface area is 151 Å². The quantitative estimate of drug-likeness (QED) is 0.678. The number of aromatic nitrogens is 2. The zero-order valence-corrected chi connectivity index (χ0v) is 14.1. The Kier molecular flexibility index (Phi) is 4.50. The average molecular weight is 381 g/mol. The van der Waals surface area contributed by atoms with Gasteiger partial charge in [0.15, 0.2) is 0 Å². The van der Waals surface area contributed by atoms with Gasteiger partial charge >= 0.3 is 12.1 Å². The molecule has 1 aromatic heterocycles. The maximum atomic E-state index is 12.7. The highest BCUT2D eigenvalue weighted by molar-refractivity contribution is 6.30. The monoisotopic (exact) mass is 380 g/mol. The summed E-state index contributed by atoms with van der Waals surface area (Å²) in [5.41, 5.74) is 0.363. The van der Waals surface area contributed by atoms with Gasteiger partial charge in [-0.3, -0.25) is 0 Å². The summed E-state index contributed by atoms with van der Waals surface area (Å²) in [4.78, 5) is 11.7. The molecule has 0 atom stereocenters. The Balaban J connectivity index is 2.16. The molecule has 0 saturated carbocycles. The van der Waals surface area contributed by atoms with Gasteiger partial charge in [0, 0.05) is 10.6 Å². The zero-order valence-electron chi connectivity index (χ0n) is 13.4. The fourth-order valence-electron chi connectivity index (χ4n) is 2.64. The SMILES string of the molecule is Cc1c(C(=O)O)c(-c2ccc(C(F)(F)F)cc2)nn1-c1cccc(Cl)c1. The number of benzene rings is 2. The van der Waals surface area contributed by atoms with Crippen LogP contribution in [0.15, 0.2) is 48.5 Å². The molecule has 8 heteroatoms. The van der Waals surface area contributed by atoms with Crippen LogP contribution in [0.1, 0.15) is 21.6 Å². The Morgan fingerprint density at radius 1 is 1.15 bits per heavy atom. The van der Waals surface area contributed by atoms with Crippen molar-refractivity contribution in [2.75, 3.05) is 0 Å². The third-order valence-corrected chi connectivity index (χ3v) is 4.10. The van der Waals surface area contributed by atoms with Crippen molar-refractivity contribution in [1.82, 2.24) is 9.78 Å².